The van der Waals surface area contributed by atoms with Crippen LogP contribution in [0.5, 0.6) is 5.75 Å². The second-order valence-corrected chi connectivity index (χ2v) is 11.3. The van der Waals surface area contributed by atoms with Crippen LogP contribution in [0.15, 0.2) is 89.9 Å². The van der Waals surface area contributed by atoms with Gasteiger partial charge in [-0.15, -0.1) is 0 Å². The zero-order valence-corrected chi connectivity index (χ0v) is 24.9. The Kier molecular flexibility index (Phi) is 8.56. The van der Waals surface area contributed by atoms with E-state index < -0.39 is 17.3 Å². The van der Waals surface area contributed by atoms with Crippen LogP contribution in [0, 0.1) is 11.7 Å². The first-order valence-electron chi connectivity index (χ1n) is 14.9. The van der Waals surface area contributed by atoms with Crippen LogP contribution in [-0.4, -0.2) is 45.1 Å². The van der Waals surface area contributed by atoms with Crippen LogP contribution in [0.2, 0.25) is 0 Å². The summed E-state index contributed by atoms with van der Waals surface area (Å²) in [4.78, 5) is 34.1. The lowest BCUT2D eigenvalue weighted by Gasteiger charge is -2.18. The normalized spacial score (nSPS) is 13.0. The summed E-state index contributed by atoms with van der Waals surface area (Å²) in [6.07, 6.45) is 3.83. The molecule has 0 spiro atoms. The van der Waals surface area contributed by atoms with Crippen molar-refractivity contribution in [3.63, 3.8) is 0 Å². The topological polar surface area (TPSA) is 78.1 Å². The fourth-order valence-electron chi connectivity index (χ4n) is 5.30. The third kappa shape index (κ3) is 6.43. The molecule has 1 saturated carbocycles. The number of nitrogens with zero attached hydrogens (tertiary/aromatic N) is 4. The van der Waals surface area contributed by atoms with Gasteiger partial charge in [0.1, 0.15) is 17.1 Å². The highest BCUT2D eigenvalue weighted by atomic mass is 19.1. The molecule has 1 aliphatic rings. The number of ether oxygens (including phenoxy) is 2. The largest absolute Gasteiger partial charge is 0.493 e. The summed E-state index contributed by atoms with van der Waals surface area (Å²) in [7, 11) is 1.97. The van der Waals surface area contributed by atoms with Gasteiger partial charge in [0.25, 0.3) is 5.56 Å². The quantitative estimate of drug-likeness (QED) is 0.166. The molecule has 0 unspecified atom stereocenters. The summed E-state index contributed by atoms with van der Waals surface area (Å²) in [6.45, 7) is 3.54. The number of carbonyl (C=O) groups excluding carboxylic acids is 1. The first-order valence-corrected chi connectivity index (χ1v) is 14.9. The van der Waals surface area contributed by atoms with Gasteiger partial charge in [0.2, 0.25) is 5.78 Å². The van der Waals surface area contributed by atoms with Crippen molar-refractivity contribution in [3.05, 3.63) is 124 Å². The fourth-order valence-corrected chi connectivity index (χ4v) is 5.30. The van der Waals surface area contributed by atoms with E-state index in [2.05, 4.69) is 4.90 Å². The fraction of sp³-hybridized carbons (Fsp3) is 0.286. The molecular formula is C35H35FN4O4. The second kappa shape index (κ2) is 12.9. The van der Waals surface area contributed by atoms with Gasteiger partial charge in [0.15, 0.2) is 0 Å². The maximum absolute atomic E-state index is 14.8. The van der Waals surface area contributed by atoms with Gasteiger partial charge in [-0.25, -0.2) is 18.6 Å². The summed E-state index contributed by atoms with van der Waals surface area (Å²) in [6, 6.07) is 24.2. The summed E-state index contributed by atoms with van der Waals surface area (Å²) in [5, 5.41) is 0. The van der Waals surface area contributed by atoms with Crippen LogP contribution in [-0.2, 0) is 24.4 Å². The van der Waals surface area contributed by atoms with Crippen LogP contribution in [0.1, 0.15) is 46.9 Å². The van der Waals surface area contributed by atoms with E-state index in [9.17, 15) is 14.0 Å². The van der Waals surface area contributed by atoms with Gasteiger partial charge in [-0.3, -0.25) is 9.69 Å². The average molecular weight is 595 g/mol. The Labute approximate surface area is 255 Å². The molecule has 44 heavy (non-hydrogen) atoms. The van der Waals surface area contributed by atoms with Crippen molar-refractivity contribution < 1.29 is 18.7 Å². The number of benzene rings is 3. The van der Waals surface area contributed by atoms with Gasteiger partial charge in [-0.05, 0) is 68.6 Å². The van der Waals surface area contributed by atoms with Gasteiger partial charge in [0, 0.05) is 30.4 Å². The van der Waals surface area contributed by atoms with Crippen molar-refractivity contribution in [2.24, 2.45) is 5.92 Å². The maximum Gasteiger partial charge on any atom is 0.345 e. The third-order valence-electron chi connectivity index (χ3n) is 7.75. The number of rotatable bonds is 12. The number of carbonyl (C=O) groups is 1. The highest BCUT2D eigenvalue weighted by molar-refractivity contribution is 5.89. The molecule has 8 nitrogen and oxygen atoms in total. The Balaban J connectivity index is 1.49. The summed E-state index contributed by atoms with van der Waals surface area (Å²) in [5.74, 6) is 0.583. The molecule has 0 bridgehead atoms. The van der Waals surface area contributed by atoms with E-state index in [0.717, 1.165) is 16.9 Å². The van der Waals surface area contributed by atoms with E-state index in [4.69, 9.17) is 14.5 Å². The molecule has 2 aromatic heterocycles. The molecule has 0 radical (unpaired) electrons. The minimum Gasteiger partial charge on any atom is -0.493 e. The summed E-state index contributed by atoms with van der Waals surface area (Å²) >= 11 is 0. The van der Waals surface area contributed by atoms with Gasteiger partial charge < -0.3 is 14.0 Å². The minimum absolute atomic E-state index is 0.0621. The van der Waals surface area contributed by atoms with Gasteiger partial charge >= 0.3 is 5.97 Å². The maximum atomic E-state index is 14.8. The molecule has 5 aromatic rings. The first-order chi connectivity index (χ1) is 21.4. The smallest absolute Gasteiger partial charge is 0.345 e. The zero-order chi connectivity index (χ0) is 30.6. The number of hydrogen-bond donors (Lipinski definition) is 0. The Morgan fingerprint density at radius 3 is 2.43 bits per heavy atom. The number of aromatic nitrogens is 3. The Hall–Kier alpha value is -4.76. The summed E-state index contributed by atoms with van der Waals surface area (Å²) in [5.41, 5.74) is 2.85. The molecule has 2 heterocycles. The number of fused-ring (bicyclic) bond motifs is 1. The number of halogens is 1. The van der Waals surface area contributed by atoms with Crippen molar-refractivity contribution in [1.29, 1.82) is 0 Å². The van der Waals surface area contributed by atoms with Gasteiger partial charge in [-0.1, -0.05) is 48.5 Å². The number of imidazole rings is 1. The van der Waals surface area contributed by atoms with Crippen LogP contribution in [0.4, 0.5) is 4.39 Å². The second-order valence-electron chi connectivity index (χ2n) is 11.3. The van der Waals surface area contributed by atoms with Crippen molar-refractivity contribution >= 4 is 11.7 Å². The number of hydrogen-bond acceptors (Lipinski definition) is 6. The lowest BCUT2D eigenvalue weighted by atomic mass is 10.1. The monoisotopic (exact) mass is 594 g/mol. The SMILES string of the molecule is CCOC(=O)c1cn(Cc2ccccc2F)c2nc(-c3ccc(OCC4CC4)cc3)c(CN(C)Cc3ccccc3)n2c1=O. The van der Waals surface area contributed by atoms with Crippen molar-refractivity contribution in [2.45, 2.75) is 39.4 Å². The third-order valence-corrected chi connectivity index (χ3v) is 7.75. The van der Waals surface area contributed by atoms with Crippen molar-refractivity contribution in [2.75, 3.05) is 20.3 Å². The predicted molar refractivity (Wildman–Crippen MR) is 166 cm³/mol. The Bertz CT molecular complexity index is 1830. The van der Waals surface area contributed by atoms with E-state index in [-0.39, 0.29) is 18.7 Å². The lowest BCUT2D eigenvalue weighted by Crippen LogP contribution is -2.29. The lowest BCUT2D eigenvalue weighted by molar-refractivity contribution is 0.0523. The molecule has 0 amide bonds. The standard InChI is InChI=1S/C35H35FN4O4/c1-3-43-34(42)29-21-39(20-27-11-7-8-12-30(27)36)35-37-32(26-15-17-28(18-16-26)44-23-25-13-14-25)31(40(35)33(29)41)22-38(2)19-24-9-5-4-6-10-24/h4-12,15-18,21,25H,3,13-14,19-20,22-23H2,1-2H3. The van der Waals surface area contributed by atoms with E-state index in [0.29, 0.717) is 48.3 Å². The highest BCUT2D eigenvalue weighted by Crippen LogP contribution is 2.31. The van der Waals surface area contributed by atoms with E-state index >= 15 is 0 Å². The molecule has 0 saturated heterocycles. The van der Waals surface area contributed by atoms with Gasteiger partial charge in [-0.2, -0.15) is 0 Å². The van der Waals surface area contributed by atoms with Crippen LogP contribution in [0.25, 0.3) is 17.0 Å². The van der Waals surface area contributed by atoms with E-state index in [1.807, 2.05) is 61.6 Å². The molecular weight excluding hydrogens is 559 g/mol. The van der Waals surface area contributed by atoms with E-state index in [1.54, 1.807) is 29.7 Å². The Morgan fingerprint density at radius 1 is 1.00 bits per heavy atom. The molecule has 1 fully saturated rings. The molecule has 1 aliphatic carbocycles. The zero-order valence-electron chi connectivity index (χ0n) is 24.9. The van der Waals surface area contributed by atoms with Crippen LogP contribution < -0.4 is 10.3 Å². The molecule has 0 aliphatic heterocycles. The highest BCUT2D eigenvalue weighted by Gasteiger charge is 2.25. The predicted octanol–water partition coefficient (Wildman–Crippen LogP) is 5.95. The first kappa shape index (κ1) is 29.3. The molecule has 0 atom stereocenters. The molecule has 226 valence electrons. The number of esters is 1. The van der Waals surface area contributed by atoms with E-state index in [1.165, 1.54) is 29.5 Å². The Morgan fingerprint density at radius 2 is 1.73 bits per heavy atom. The van der Waals surface area contributed by atoms with Crippen molar-refractivity contribution in [3.8, 4) is 17.0 Å². The molecule has 3 aromatic carbocycles. The average Bonchev–Trinajstić information content (AvgIpc) is 3.78. The summed E-state index contributed by atoms with van der Waals surface area (Å²) < 4.78 is 29.1. The molecule has 0 N–H and O–H groups in total. The van der Waals surface area contributed by atoms with Crippen LogP contribution in [0.3, 0.4) is 0 Å². The molecule has 6 rings (SSSR count). The minimum atomic E-state index is -0.738. The van der Waals surface area contributed by atoms with Gasteiger partial charge in [0.05, 0.1) is 31.1 Å². The van der Waals surface area contributed by atoms with Crippen molar-refractivity contribution in [1.82, 2.24) is 18.9 Å². The van der Waals surface area contributed by atoms with Crippen LogP contribution >= 0.6 is 0 Å². The molecule has 9 heteroatoms.